The molecule has 1 aromatic carbocycles. The molecule has 0 aromatic heterocycles. The van der Waals surface area contributed by atoms with E-state index in [0.717, 1.165) is 5.56 Å². The smallest absolute Gasteiger partial charge is 0.303 e. The highest BCUT2D eigenvalue weighted by atomic mass is 32.2. The number of nitrogens with one attached hydrogen (secondary N) is 1. The first-order valence-electron chi connectivity index (χ1n) is 6.66. The van der Waals surface area contributed by atoms with Crippen molar-refractivity contribution in [2.24, 2.45) is 0 Å². The normalized spacial score (nSPS) is 12.9. The lowest BCUT2D eigenvalue weighted by molar-refractivity contribution is -0.137. The van der Waals surface area contributed by atoms with Crippen LogP contribution in [0.1, 0.15) is 44.6 Å². The summed E-state index contributed by atoms with van der Waals surface area (Å²) >= 11 is 0. The van der Waals surface area contributed by atoms with Crippen LogP contribution >= 0.6 is 0 Å². The molecule has 0 aliphatic heterocycles. The molecule has 112 valence electrons. The maximum atomic E-state index is 11.6. The van der Waals surface area contributed by atoms with Gasteiger partial charge < -0.3 is 5.11 Å². The van der Waals surface area contributed by atoms with Crippen molar-refractivity contribution in [2.75, 3.05) is 10.5 Å². The van der Waals surface area contributed by atoms with Crippen LogP contribution in [0.25, 0.3) is 0 Å². The van der Waals surface area contributed by atoms with Crippen LogP contribution in [0.2, 0.25) is 0 Å². The Kier molecular flexibility index (Phi) is 6.01. The van der Waals surface area contributed by atoms with E-state index >= 15 is 0 Å². The zero-order valence-corrected chi connectivity index (χ0v) is 12.6. The molecule has 0 spiro atoms. The highest BCUT2D eigenvalue weighted by molar-refractivity contribution is 7.92. The quantitative estimate of drug-likeness (QED) is 0.773. The minimum absolute atomic E-state index is 0.101. The first kappa shape index (κ1) is 16.5. The van der Waals surface area contributed by atoms with Crippen LogP contribution in [0.4, 0.5) is 5.69 Å². The summed E-state index contributed by atoms with van der Waals surface area (Å²) in [6, 6.07) is 7.08. The van der Waals surface area contributed by atoms with Crippen LogP contribution in [0.5, 0.6) is 0 Å². The fourth-order valence-electron chi connectivity index (χ4n) is 1.89. The Balaban J connectivity index is 2.66. The highest BCUT2D eigenvalue weighted by Gasteiger charge is 2.10. The average Bonchev–Trinajstić information content (AvgIpc) is 2.36. The van der Waals surface area contributed by atoms with Crippen LogP contribution in [0.15, 0.2) is 24.3 Å². The van der Waals surface area contributed by atoms with E-state index in [-0.39, 0.29) is 18.1 Å². The molecular weight excluding hydrogens is 278 g/mol. The molecule has 0 fully saturated rings. The van der Waals surface area contributed by atoms with E-state index in [2.05, 4.69) is 4.72 Å². The lowest BCUT2D eigenvalue weighted by Gasteiger charge is -2.12. The van der Waals surface area contributed by atoms with Crippen molar-refractivity contribution in [2.45, 2.75) is 39.0 Å². The number of aliphatic carboxylic acids is 1. The number of rotatable bonds is 8. The molecule has 0 saturated carbocycles. The molecule has 0 heterocycles. The Morgan fingerprint density at radius 1 is 1.30 bits per heavy atom. The van der Waals surface area contributed by atoms with Gasteiger partial charge in [-0.25, -0.2) is 8.42 Å². The molecule has 20 heavy (non-hydrogen) atoms. The van der Waals surface area contributed by atoms with E-state index in [1.807, 2.05) is 26.0 Å². The van der Waals surface area contributed by atoms with E-state index < -0.39 is 16.0 Å². The summed E-state index contributed by atoms with van der Waals surface area (Å²) in [5, 5.41) is 8.65. The minimum atomic E-state index is -3.27. The Labute approximate surface area is 120 Å². The Morgan fingerprint density at radius 2 is 1.90 bits per heavy atom. The number of carboxylic acid groups (broad SMARTS) is 1. The second-order valence-corrected chi connectivity index (χ2v) is 6.72. The van der Waals surface area contributed by atoms with Gasteiger partial charge in [-0.15, -0.1) is 0 Å². The molecule has 0 radical (unpaired) electrons. The SMILES string of the molecule is CCCS(=O)(=O)Nc1ccc(C(C)CCC(=O)O)cc1. The van der Waals surface area contributed by atoms with Crippen LogP contribution in [-0.4, -0.2) is 25.2 Å². The molecule has 0 aliphatic carbocycles. The van der Waals surface area contributed by atoms with Gasteiger partial charge in [0.25, 0.3) is 0 Å². The van der Waals surface area contributed by atoms with Gasteiger partial charge in [-0.1, -0.05) is 26.0 Å². The fraction of sp³-hybridized carbons (Fsp3) is 0.500. The van der Waals surface area contributed by atoms with E-state index in [1.165, 1.54) is 0 Å². The zero-order chi connectivity index (χ0) is 15.2. The van der Waals surface area contributed by atoms with Crippen molar-refractivity contribution >= 4 is 21.7 Å². The highest BCUT2D eigenvalue weighted by Crippen LogP contribution is 2.22. The third-order valence-corrected chi connectivity index (χ3v) is 4.51. The molecule has 0 saturated heterocycles. The Hall–Kier alpha value is -1.56. The van der Waals surface area contributed by atoms with Crippen molar-refractivity contribution < 1.29 is 18.3 Å². The van der Waals surface area contributed by atoms with Crippen LogP contribution < -0.4 is 4.72 Å². The molecule has 0 amide bonds. The monoisotopic (exact) mass is 299 g/mol. The van der Waals surface area contributed by atoms with Gasteiger partial charge in [0.2, 0.25) is 10.0 Å². The van der Waals surface area contributed by atoms with Gasteiger partial charge in [0.05, 0.1) is 5.75 Å². The maximum Gasteiger partial charge on any atom is 0.303 e. The predicted octanol–water partition coefficient (Wildman–Crippen LogP) is 2.81. The molecule has 6 heteroatoms. The summed E-state index contributed by atoms with van der Waals surface area (Å²) in [7, 11) is -3.27. The summed E-state index contributed by atoms with van der Waals surface area (Å²) < 4.78 is 25.8. The van der Waals surface area contributed by atoms with Crippen LogP contribution in [0, 0.1) is 0 Å². The lowest BCUT2D eigenvalue weighted by Crippen LogP contribution is -2.16. The molecule has 1 rings (SSSR count). The molecule has 1 unspecified atom stereocenters. The topological polar surface area (TPSA) is 83.5 Å². The van der Waals surface area contributed by atoms with Gasteiger partial charge in [-0.3, -0.25) is 9.52 Å². The van der Waals surface area contributed by atoms with Crippen molar-refractivity contribution in [1.82, 2.24) is 0 Å². The largest absolute Gasteiger partial charge is 0.481 e. The van der Waals surface area contributed by atoms with Gasteiger partial charge in [0.1, 0.15) is 0 Å². The van der Waals surface area contributed by atoms with E-state index in [4.69, 9.17) is 5.11 Å². The van der Waals surface area contributed by atoms with Gasteiger partial charge >= 0.3 is 5.97 Å². The van der Waals surface area contributed by atoms with Crippen molar-refractivity contribution in [3.8, 4) is 0 Å². The van der Waals surface area contributed by atoms with Crippen molar-refractivity contribution in [3.05, 3.63) is 29.8 Å². The van der Waals surface area contributed by atoms with Gasteiger partial charge in [-0.2, -0.15) is 0 Å². The summed E-state index contributed by atoms with van der Waals surface area (Å²) in [5.74, 6) is -0.572. The number of benzene rings is 1. The number of hydrogen-bond donors (Lipinski definition) is 2. The number of sulfonamides is 1. The molecule has 2 N–H and O–H groups in total. The predicted molar refractivity (Wildman–Crippen MR) is 79.4 cm³/mol. The van der Waals surface area contributed by atoms with Crippen LogP contribution in [0.3, 0.4) is 0 Å². The fourth-order valence-corrected chi connectivity index (χ4v) is 3.02. The van der Waals surface area contributed by atoms with Gasteiger partial charge in [-0.05, 0) is 36.5 Å². The number of anilines is 1. The first-order valence-corrected chi connectivity index (χ1v) is 8.31. The third kappa shape index (κ3) is 5.61. The summed E-state index contributed by atoms with van der Waals surface area (Å²) in [5.41, 5.74) is 1.54. The van der Waals surface area contributed by atoms with Crippen molar-refractivity contribution in [3.63, 3.8) is 0 Å². The zero-order valence-electron chi connectivity index (χ0n) is 11.8. The molecular formula is C14H21NO4S. The summed E-state index contributed by atoms with van der Waals surface area (Å²) in [6.45, 7) is 3.77. The number of carboxylic acids is 1. The first-order chi connectivity index (χ1) is 9.34. The molecule has 1 atom stereocenters. The van der Waals surface area contributed by atoms with E-state index in [0.29, 0.717) is 18.5 Å². The second kappa shape index (κ2) is 7.28. The van der Waals surface area contributed by atoms with Crippen molar-refractivity contribution in [1.29, 1.82) is 0 Å². The Morgan fingerprint density at radius 3 is 2.40 bits per heavy atom. The lowest BCUT2D eigenvalue weighted by atomic mass is 9.96. The van der Waals surface area contributed by atoms with Gasteiger partial charge in [0.15, 0.2) is 0 Å². The number of hydrogen-bond acceptors (Lipinski definition) is 3. The molecule has 5 nitrogen and oxygen atoms in total. The summed E-state index contributed by atoms with van der Waals surface area (Å²) in [4.78, 5) is 10.5. The molecule has 0 aliphatic rings. The van der Waals surface area contributed by atoms with Crippen LogP contribution in [-0.2, 0) is 14.8 Å². The van der Waals surface area contributed by atoms with E-state index in [1.54, 1.807) is 12.1 Å². The second-order valence-electron chi connectivity index (χ2n) is 4.88. The third-order valence-electron chi connectivity index (χ3n) is 3.02. The Bertz CT molecular complexity index is 537. The van der Waals surface area contributed by atoms with E-state index in [9.17, 15) is 13.2 Å². The van der Waals surface area contributed by atoms with Gasteiger partial charge in [0, 0.05) is 12.1 Å². The maximum absolute atomic E-state index is 11.6. The summed E-state index contributed by atoms with van der Waals surface area (Å²) in [6.07, 6.45) is 1.27. The average molecular weight is 299 g/mol. The minimum Gasteiger partial charge on any atom is -0.481 e. The molecule has 0 bridgehead atoms. The number of carbonyl (C=O) groups is 1. The standard InChI is InChI=1S/C14H21NO4S/c1-3-10-20(18,19)15-13-7-5-12(6-8-13)11(2)4-9-14(16)17/h5-8,11,15H,3-4,9-10H2,1-2H3,(H,16,17). The molecule has 1 aromatic rings.